The Morgan fingerprint density at radius 1 is 1.30 bits per heavy atom. The summed E-state index contributed by atoms with van der Waals surface area (Å²) >= 11 is 4.77. The van der Waals surface area contributed by atoms with Crippen LogP contribution < -0.4 is 10.6 Å². The third-order valence-corrected chi connectivity index (χ3v) is 3.87. The summed E-state index contributed by atoms with van der Waals surface area (Å²) in [6, 6.07) is 2.46. The molecule has 110 valence electrons. The minimum atomic E-state index is -0.607. The largest absolute Gasteiger partial charge is 0.389 e. The van der Waals surface area contributed by atoms with E-state index in [0.29, 0.717) is 6.54 Å². The molecule has 1 aromatic rings. The number of halogens is 2. The van der Waals surface area contributed by atoms with Crippen LogP contribution >= 0.6 is 12.2 Å². The summed E-state index contributed by atoms with van der Waals surface area (Å²) in [7, 11) is 2.02. The first-order valence-electron chi connectivity index (χ1n) is 6.64. The molecule has 0 aromatic heterocycles. The Balaban J connectivity index is 2.39. The maximum absolute atomic E-state index is 14.2. The number of benzene rings is 1. The van der Waals surface area contributed by atoms with Gasteiger partial charge in [-0.3, -0.25) is 0 Å². The Morgan fingerprint density at radius 2 is 1.90 bits per heavy atom. The van der Waals surface area contributed by atoms with Gasteiger partial charge in [0, 0.05) is 24.7 Å². The first-order valence-corrected chi connectivity index (χ1v) is 7.05. The van der Waals surface area contributed by atoms with Crippen LogP contribution in [0.3, 0.4) is 0 Å². The number of nitrogens with two attached hydrogens (primary N) is 1. The van der Waals surface area contributed by atoms with Crippen molar-refractivity contribution < 1.29 is 8.78 Å². The van der Waals surface area contributed by atoms with Crippen molar-refractivity contribution in [2.24, 2.45) is 5.73 Å². The van der Waals surface area contributed by atoms with Gasteiger partial charge in [-0.25, -0.2) is 8.78 Å². The third kappa shape index (κ3) is 3.07. The van der Waals surface area contributed by atoms with E-state index in [2.05, 4.69) is 4.90 Å². The highest BCUT2D eigenvalue weighted by molar-refractivity contribution is 7.80. The normalized spacial score (nSPS) is 20.8. The molecule has 1 aliphatic heterocycles. The molecular weight excluding hydrogens is 280 g/mol. The molecule has 0 saturated carbocycles. The number of hydrogen-bond acceptors (Lipinski definition) is 3. The lowest BCUT2D eigenvalue weighted by Crippen LogP contribution is -2.39. The summed E-state index contributed by atoms with van der Waals surface area (Å²) in [6.07, 6.45) is 0.872. The molecule has 2 rings (SSSR count). The van der Waals surface area contributed by atoms with Crippen molar-refractivity contribution in [3.63, 3.8) is 0 Å². The number of nitrogens with zero attached hydrogens (tertiary/aromatic N) is 2. The molecule has 2 N–H and O–H groups in total. The van der Waals surface area contributed by atoms with Gasteiger partial charge in [-0.2, -0.15) is 0 Å². The summed E-state index contributed by atoms with van der Waals surface area (Å²) < 4.78 is 28.5. The van der Waals surface area contributed by atoms with Gasteiger partial charge in [-0.05, 0) is 39.1 Å². The predicted molar refractivity (Wildman–Crippen MR) is 81.2 cm³/mol. The fourth-order valence-corrected chi connectivity index (χ4v) is 2.80. The molecule has 1 aromatic carbocycles. The first-order chi connectivity index (χ1) is 9.40. The second-order valence-corrected chi connectivity index (χ2v) is 5.75. The molecule has 0 spiro atoms. The van der Waals surface area contributed by atoms with Crippen LogP contribution in [0.1, 0.15) is 18.9 Å². The number of hydrogen-bond donors (Lipinski definition) is 1. The molecule has 1 saturated heterocycles. The molecule has 1 atom stereocenters. The summed E-state index contributed by atoms with van der Waals surface area (Å²) in [6.45, 7) is 4.30. The van der Waals surface area contributed by atoms with Crippen LogP contribution in [-0.2, 0) is 0 Å². The van der Waals surface area contributed by atoms with Gasteiger partial charge in [0.2, 0.25) is 0 Å². The maximum atomic E-state index is 14.2. The monoisotopic (exact) mass is 299 g/mol. The van der Waals surface area contributed by atoms with Crippen molar-refractivity contribution in [2.75, 3.05) is 31.6 Å². The Bertz CT molecular complexity index is 498. The van der Waals surface area contributed by atoms with E-state index in [1.807, 2.05) is 14.0 Å². The van der Waals surface area contributed by atoms with Gasteiger partial charge >= 0.3 is 0 Å². The minimum absolute atomic E-state index is 0.00185. The molecule has 1 fully saturated rings. The number of likely N-dealkylation sites (N-methyl/N-ethyl adjacent to an activating group) is 1. The van der Waals surface area contributed by atoms with Crippen molar-refractivity contribution >= 4 is 22.9 Å². The van der Waals surface area contributed by atoms with Gasteiger partial charge in [0.25, 0.3) is 0 Å². The number of anilines is 1. The Labute approximate surface area is 123 Å². The third-order valence-electron chi connectivity index (χ3n) is 3.64. The number of thiocarbonyl (C=S) groups is 1. The molecular formula is C14H19F2N3S. The van der Waals surface area contributed by atoms with Gasteiger partial charge in [0.1, 0.15) is 22.3 Å². The lowest BCUT2D eigenvalue weighted by molar-refractivity contribution is 0.336. The van der Waals surface area contributed by atoms with Crippen LogP contribution in [-0.4, -0.2) is 42.6 Å². The van der Waals surface area contributed by atoms with Crippen LogP contribution in [0.5, 0.6) is 0 Å². The van der Waals surface area contributed by atoms with Crippen molar-refractivity contribution in [3.05, 3.63) is 29.3 Å². The topological polar surface area (TPSA) is 32.5 Å². The van der Waals surface area contributed by atoms with E-state index < -0.39 is 11.6 Å². The van der Waals surface area contributed by atoms with Gasteiger partial charge < -0.3 is 15.5 Å². The van der Waals surface area contributed by atoms with Gasteiger partial charge in [0.15, 0.2) is 0 Å². The highest BCUT2D eigenvalue weighted by atomic mass is 32.1. The lowest BCUT2D eigenvalue weighted by atomic mass is 10.1. The van der Waals surface area contributed by atoms with Gasteiger partial charge in [0.05, 0.1) is 0 Å². The summed E-state index contributed by atoms with van der Waals surface area (Å²) in [5, 5.41) is 0. The van der Waals surface area contributed by atoms with Crippen molar-refractivity contribution in [1.82, 2.24) is 4.90 Å². The van der Waals surface area contributed by atoms with Crippen molar-refractivity contribution in [3.8, 4) is 0 Å². The average molecular weight is 299 g/mol. The summed E-state index contributed by atoms with van der Waals surface area (Å²) in [4.78, 5) is 3.96. The van der Waals surface area contributed by atoms with E-state index in [-0.39, 0.29) is 22.3 Å². The summed E-state index contributed by atoms with van der Waals surface area (Å²) in [5.74, 6) is -1.21. The zero-order chi connectivity index (χ0) is 14.9. The molecule has 20 heavy (non-hydrogen) atoms. The Kier molecular flexibility index (Phi) is 4.55. The molecule has 1 aliphatic rings. The maximum Gasteiger partial charge on any atom is 0.150 e. The molecule has 0 amide bonds. The van der Waals surface area contributed by atoms with E-state index in [1.54, 1.807) is 4.90 Å². The molecule has 3 nitrogen and oxygen atoms in total. The quantitative estimate of drug-likeness (QED) is 0.848. The molecule has 0 aliphatic carbocycles. The van der Waals surface area contributed by atoms with Crippen LogP contribution in [0, 0.1) is 11.6 Å². The smallest absolute Gasteiger partial charge is 0.150 e. The SMILES string of the molecule is CC1CN(C)CCCN1c1c(F)cc(C(N)=S)cc1F. The van der Waals surface area contributed by atoms with E-state index in [1.165, 1.54) is 12.1 Å². The Morgan fingerprint density at radius 3 is 2.45 bits per heavy atom. The fourth-order valence-electron chi connectivity index (χ4n) is 2.69. The number of rotatable bonds is 2. The van der Waals surface area contributed by atoms with Gasteiger partial charge in [-0.15, -0.1) is 0 Å². The van der Waals surface area contributed by atoms with Crippen LogP contribution in [0.15, 0.2) is 12.1 Å². The second kappa shape index (κ2) is 6.01. The van der Waals surface area contributed by atoms with E-state index in [0.717, 1.165) is 19.5 Å². The zero-order valence-corrected chi connectivity index (χ0v) is 12.5. The van der Waals surface area contributed by atoms with E-state index in [9.17, 15) is 8.78 Å². The molecule has 0 radical (unpaired) electrons. The van der Waals surface area contributed by atoms with Crippen LogP contribution in [0.2, 0.25) is 0 Å². The standard InChI is InChI=1S/C14H19F2N3S/c1-9-8-18(2)4-3-5-19(9)13-11(15)6-10(14(17)20)7-12(13)16/h6-7,9H,3-5,8H2,1-2H3,(H2,17,20). The summed E-state index contributed by atoms with van der Waals surface area (Å²) in [5.41, 5.74) is 5.67. The second-order valence-electron chi connectivity index (χ2n) is 5.31. The van der Waals surface area contributed by atoms with E-state index in [4.69, 9.17) is 18.0 Å². The fraction of sp³-hybridized carbons (Fsp3) is 0.500. The molecule has 6 heteroatoms. The average Bonchev–Trinajstić information content (AvgIpc) is 2.50. The highest BCUT2D eigenvalue weighted by Gasteiger charge is 2.25. The predicted octanol–water partition coefficient (Wildman–Crippen LogP) is 2.13. The first kappa shape index (κ1) is 15.1. The van der Waals surface area contributed by atoms with Crippen LogP contribution in [0.25, 0.3) is 0 Å². The van der Waals surface area contributed by atoms with E-state index >= 15 is 0 Å². The molecule has 0 bridgehead atoms. The lowest BCUT2D eigenvalue weighted by Gasteiger charge is -2.30. The molecule has 1 heterocycles. The highest BCUT2D eigenvalue weighted by Crippen LogP contribution is 2.28. The van der Waals surface area contributed by atoms with Gasteiger partial charge in [-0.1, -0.05) is 12.2 Å². The van der Waals surface area contributed by atoms with Crippen molar-refractivity contribution in [2.45, 2.75) is 19.4 Å². The van der Waals surface area contributed by atoms with Crippen molar-refractivity contribution in [1.29, 1.82) is 0 Å². The zero-order valence-electron chi connectivity index (χ0n) is 11.7. The minimum Gasteiger partial charge on any atom is -0.389 e. The van der Waals surface area contributed by atoms with Crippen LogP contribution in [0.4, 0.5) is 14.5 Å². The Hall–Kier alpha value is -1.27. The molecule has 1 unspecified atom stereocenters.